The van der Waals surface area contributed by atoms with Crippen molar-refractivity contribution in [2.45, 2.75) is 23.4 Å². The Morgan fingerprint density at radius 2 is 1.56 bits per heavy atom. The number of nitrogens with zero attached hydrogens (tertiary/aromatic N) is 1. The van der Waals surface area contributed by atoms with Crippen molar-refractivity contribution in [3.05, 3.63) is 83.9 Å². The van der Waals surface area contributed by atoms with Crippen molar-refractivity contribution in [3.8, 4) is 11.1 Å². The molecule has 1 saturated heterocycles. The monoisotopic (exact) mass is 456 g/mol. The summed E-state index contributed by atoms with van der Waals surface area (Å²) in [6.45, 7) is 0.179. The van der Waals surface area contributed by atoms with Gasteiger partial charge in [0.15, 0.2) is 0 Å². The number of sulfonamides is 1. The standard InChI is InChI=1S/C24H22F2N2O3S/c25-17-4-1-15(2-5-17)16-3-10-22-21(13-16)24-20(23(14-29)27-22)11-12-28(24)32(30,31)19-8-6-18(26)7-9-19/h1-10,13,20,23-24,27,29H,11-12,14H2/t20-,23-,24-/m0/s1. The number of nitrogens with one attached hydrogen (secondary N) is 1. The molecule has 5 nitrogen and oxygen atoms in total. The molecule has 2 heterocycles. The van der Waals surface area contributed by atoms with Gasteiger partial charge in [0.05, 0.1) is 23.6 Å². The van der Waals surface area contributed by atoms with E-state index in [1.165, 1.54) is 28.6 Å². The molecule has 2 N–H and O–H groups in total. The Morgan fingerprint density at radius 1 is 0.938 bits per heavy atom. The Bertz CT molecular complexity index is 1250. The van der Waals surface area contributed by atoms with Crippen LogP contribution in [0.2, 0.25) is 0 Å². The number of halogens is 2. The van der Waals surface area contributed by atoms with E-state index in [1.54, 1.807) is 12.1 Å². The number of fused-ring (bicyclic) bond motifs is 3. The number of aliphatic hydroxyl groups excluding tert-OH is 1. The third kappa shape index (κ3) is 3.48. The molecule has 3 atom stereocenters. The molecular formula is C24H22F2N2O3S. The first kappa shape index (κ1) is 21.1. The van der Waals surface area contributed by atoms with Crippen molar-refractivity contribution in [3.63, 3.8) is 0 Å². The molecule has 2 aliphatic heterocycles. The molecule has 0 unspecified atom stereocenters. The molecule has 0 aliphatic carbocycles. The van der Waals surface area contributed by atoms with E-state index in [2.05, 4.69) is 5.32 Å². The van der Waals surface area contributed by atoms with Crippen molar-refractivity contribution in [2.75, 3.05) is 18.5 Å². The van der Waals surface area contributed by atoms with Gasteiger partial charge >= 0.3 is 0 Å². The molecule has 3 aromatic carbocycles. The van der Waals surface area contributed by atoms with E-state index in [0.29, 0.717) is 13.0 Å². The topological polar surface area (TPSA) is 69.6 Å². The zero-order chi connectivity index (χ0) is 22.5. The number of aliphatic hydroxyl groups is 1. The van der Waals surface area contributed by atoms with Gasteiger partial charge in [0.25, 0.3) is 0 Å². The van der Waals surface area contributed by atoms with E-state index < -0.39 is 21.9 Å². The van der Waals surface area contributed by atoms with Crippen LogP contribution in [-0.2, 0) is 10.0 Å². The maximum Gasteiger partial charge on any atom is 0.243 e. The van der Waals surface area contributed by atoms with E-state index in [9.17, 15) is 22.3 Å². The average Bonchev–Trinajstić information content (AvgIpc) is 3.26. The smallest absolute Gasteiger partial charge is 0.243 e. The fraction of sp³-hybridized carbons (Fsp3) is 0.250. The van der Waals surface area contributed by atoms with Gasteiger partial charge in [0, 0.05) is 18.2 Å². The Kier molecular flexibility index (Phi) is 5.23. The largest absolute Gasteiger partial charge is 0.394 e. The van der Waals surface area contributed by atoms with Crippen LogP contribution in [0.3, 0.4) is 0 Å². The second kappa shape index (κ2) is 7.95. The third-order valence-corrected chi connectivity index (χ3v) is 8.32. The maximum atomic E-state index is 13.5. The van der Waals surface area contributed by atoms with Crippen LogP contribution in [0.25, 0.3) is 11.1 Å². The molecule has 2 aliphatic rings. The van der Waals surface area contributed by atoms with E-state index in [1.807, 2.05) is 18.2 Å². The second-order valence-corrected chi connectivity index (χ2v) is 10.1. The van der Waals surface area contributed by atoms with Crippen LogP contribution in [-0.4, -0.2) is 37.0 Å². The summed E-state index contributed by atoms with van der Waals surface area (Å²) in [4.78, 5) is 0.0369. The molecule has 0 radical (unpaired) electrons. The second-order valence-electron chi connectivity index (χ2n) is 8.21. The lowest BCUT2D eigenvalue weighted by atomic mass is 9.82. The summed E-state index contributed by atoms with van der Waals surface area (Å²) in [7, 11) is -3.88. The quantitative estimate of drug-likeness (QED) is 0.618. The zero-order valence-corrected chi connectivity index (χ0v) is 17.9. The van der Waals surface area contributed by atoms with Gasteiger partial charge < -0.3 is 10.4 Å². The number of hydrogen-bond donors (Lipinski definition) is 2. The average molecular weight is 457 g/mol. The minimum Gasteiger partial charge on any atom is -0.394 e. The van der Waals surface area contributed by atoms with Crippen molar-refractivity contribution < 1.29 is 22.3 Å². The van der Waals surface area contributed by atoms with Gasteiger partial charge in [-0.05, 0) is 71.6 Å². The number of rotatable bonds is 4. The van der Waals surface area contributed by atoms with Crippen LogP contribution < -0.4 is 5.32 Å². The first-order chi connectivity index (χ1) is 15.4. The maximum absolute atomic E-state index is 13.5. The molecule has 166 valence electrons. The Hall–Kier alpha value is -2.81. The summed E-state index contributed by atoms with van der Waals surface area (Å²) in [5, 5.41) is 13.3. The van der Waals surface area contributed by atoms with Gasteiger partial charge in [-0.25, -0.2) is 17.2 Å². The first-order valence-corrected chi connectivity index (χ1v) is 11.9. The van der Waals surface area contributed by atoms with Gasteiger partial charge in [-0.1, -0.05) is 18.2 Å². The summed E-state index contributed by atoms with van der Waals surface area (Å²) >= 11 is 0. The number of anilines is 1. The summed E-state index contributed by atoms with van der Waals surface area (Å²) in [5.74, 6) is -0.947. The fourth-order valence-electron chi connectivity index (χ4n) is 4.85. The number of hydrogen-bond acceptors (Lipinski definition) is 4. The van der Waals surface area contributed by atoms with E-state index in [-0.39, 0.29) is 29.3 Å². The summed E-state index contributed by atoms with van der Waals surface area (Å²) < 4.78 is 55.2. The molecule has 3 aromatic rings. The lowest BCUT2D eigenvalue weighted by molar-refractivity contribution is 0.210. The van der Waals surface area contributed by atoms with Crippen molar-refractivity contribution in [2.24, 2.45) is 5.92 Å². The van der Waals surface area contributed by atoms with E-state index in [4.69, 9.17) is 0 Å². The third-order valence-electron chi connectivity index (χ3n) is 6.42. The van der Waals surface area contributed by atoms with Crippen LogP contribution in [0.5, 0.6) is 0 Å². The normalized spacial score (nSPS) is 22.8. The molecule has 32 heavy (non-hydrogen) atoms. The van der Waals surface area contributed by atoms with Gasteiger partial charge in [0.2, 0.25) is 10.0 Å². The first-order valence-electron chi connectivity index (χ1n) is 10.4. The van der Waals surface area contributed by atoms with Crippen LogP contribution in [0.15, 0.2) is 71.6 Å². The minimum absolute atomic E-state index is 0.0369. The molecule has 0 spiro atoms. The lowest BCUT2D eigenvalue weighted by Crippen LogP contribution is -2.42. The summed E-state index contributed by atoms with van der Waals surface area (Å²) in [6.07, 6.45) is 0.587. The molecule has 0 bridgehead atoms. The predicted octanol–water partition coefficient (Wildman–Crippen LogP) is 4.17. The Labute approximate surface area is 185 Å². The predicted molar refractivity (Wildman–Crippen MR) is 117 cm³/mol. The Morgan fingerprint density at radius 3 is 2.22 bits per heavy atom. The molecule has 0 amide bonds. The van der Waals surface area contributed by atoms with E-state index >= 15 is 0 Å². The van der Waals surface area contributed by atoms with Crippen molar-refractivity contribution >= 4 is 15.7 Å². The van der Waals surface area contributed by atoms with Gasteiger partial charge in [-0.3, -0.25) is 0 Å². The highest BCUT2D eigenvalue weighted by Crippen LogP contribution is 2.49. The van der Waals surface area contributed by atoms with Gasteiger partial charge in [-0.2, -0.15) is 4.31 Å². The van der Waals surface area contributed by atoms with Crippen LogP contribution in [0.1, 0.15) is 18.0 Å². The molecule has 5 rings (SSSR count). The SMILES string of the molecule is O=S(=O)(c1ccc(F)cc1)N1CC[C@H]2[C@H](CO)Nc3ccc(-c4ccc(F)cc4)cc3[C@H]21. The summed E-state index contributed by atoms with van der Waals surface area (Å²) in [5.41, 5.74) is 3.24. The zero-order valence-electron chi connectivity index (χ0n) is 17.1. The van der Waals surface area contributed by atoms with Gasteiger partial charge in [0.1, 0.15) is 11.6 Å². The molecule has 8 heteroatoms. The minimum atomic E-state index is -3.88. The van der Waals surface area contributed by atoms with Crippen LogP contribution >= 0.6 is 0 Å². The fourth-order valence-corrected chi connectivity index (χ4v) is 6.52. The van der Waals surface area contributed by atoms with Crippen molar-refractivity contribution in [1.82, 2.24) is 4.31 Å². The highest BCUT2D eigenvalue weighted by molar-refractivity contribution is 7.89. The summed E-state index contributed by atoms with van der Waals surface area (Å²) in [6, 6.07) is 15.9. The molecular weight excluding hydrogens is 434 g/mol. The van der Waals surface area contributed by atoms with Gasteiger partial charge in [-0.15, -0.1) is 0 Å². The van der Waals surface area contributed by atoms with Crippen LogP contribution in [0.4, 0.5) is 14.5 Å². The number of benzene rings is 3. The lowest BCUT2D eigenvalue weighted by Gasteiger charge is -2.39. The van der Waals surface area contributed by atoms with Crippen molar-refractivity contribution in [1.29, 1.82) is 0 Å². The molecule has 0 aromatic heterocycles. The molecule has 1 fully saturated rings. The highest BCUT2D eigenvalue weighted by atomic mass is 32.2. The van der Waals surface area contributed by atoms with Crippen LogP contribution in [0, 0.1) is 17.6 Å². The Balaban J connectivity index is 1.60. The van der Waals surface area contributed by atoms with E-state index in [0.717, 1.165) is 34.5 Å². The molecule has 0 saturated carbocycles. The highest BCUT2D eigenvalue weighted by Gasteiger charge is 2.48.